The summed E-state index contributed by atoms with van der Waals surface area (Å²) in [4.78, 5) is 17.3. The van der Waals surface area contributed by atoms with Crippen molar-refractivity contribution in [2.75, 3.05) is 10.6 Å². The first-order chi connectivity index (χ1) is 13.5. The van der Waals surface area contributed by atoms with Crippen LogP contribution in [0, 0.1) is 6.92 Å². The van der Waals surface area contributed by atoms with Crippen molar-refractivity contribution in [2.24, 2.45) is 0 Å². The standard InChI is InChI=1S/C21H16Cl2N4O/c1-13-8-9-18-25-19(14-4-2-5-15(22)10-14)20(27(18)12-13)26-21(28)24-17-7-3-6-16(23)11-17/h2-12H,1H3,(H2,24,26,28). The van der Waals surface area contributed by atoms with E-state index in [-0.39, 0.29) is 0 Å². The molecule has 0 aliphatic carbocycles. The van der Waals surface area contributed by atoms with Crippen LogP contribution in [0.25, 0.3) is 16.9 Å². The molecule has 0 aliphatic heterocycles. The van der Waals surface area contributed by atoms with E-state index < -0.39 is 6.03 Å². The van der Waals surface area contributed by atoms with Crippen LogP contribution in [0.2, 0.25) is 10.0 Å². The number of halogens is 2. The third kappa shape index (κ3) is 3.81. The zero-order valence-electron chi connectivity index (χ0n) is 14.9. The van der Waals surface area contributed by atoms with E-state index in [0.29, 0.717) is 27.2 Å². The van der Waals surface area contributed by atoms with Crippen molar-refractivity contribution in [3.8, 4) is 11.3 Å². The number of hydrogen-bond donors (Lipinski definition) is 2. The lowest BCUT2D eigenvalue weighted by molar-refractivity contribution is 0.262. The van der Waals surface area contributed by atoms with Gasteiger partial charge in [-0.25, -0.2) is 9.78 Å². The number of aryl methyl sites for hydroxylation is 1. The number of aromatic nitrogens is 2. The van der Waals surface area contributed by atoms with E-state index in [2.05, 4.69) is 15.6 Å². The fraction of sp³-hybridized carbons (Fsp3) is 0.0476. The molecule has 2 aromatic heterocycles. The normalized spacial score (nSPS) is 10.8. The SMILES string of the molecule is Cc1ccc2nc(-c3cccc(Cl)c3)c(NC(=O)Nc3cccc(Cl)c3)n2c1. The number of hydrogen-bond acceptors (Lipinski definition) is 2. The molecule has 0 fully saturated rings. The number of benzene rings is 2. The van der Waals surface area contributed by atoms with Gasteiger partial charge in [0, 0.05) is 27.5 Å². The number of nitrogens with zero attached hydrogens (tertiary/aromatic N) is 2. The molecule has 140 valence electrons. The van der Waals surface area contributed by atoms with Gasteiger partial charge in [0.2, 0.25) is 0 Å². The maximum atomic E-state index is 12.6. The molecule has 0 unspecified atom stereocenters. The Hall–Kier alpha value is -3.02. The summed E-state index contributed by atoms with van der Waals surface area (Å²) in [7, 11) is 0. The number of anilines is 2. The van der Waals surface area contributed by atoms with Crippen LogP contribution in [-0.2, 0) is 0 Å². The van der Waals surface area contributed by atoms with Crippen LogP contribution in [0.4, 0.5) is 16.3 Å². The highest BCUT2D eigenvalue weighted by Crippen LogP contribution is 2.31. The predicted octanol–water partition coefficient (Wildman–Crippen LogP) is 6.26. The van der Waals surface area contributed by atoms with Crippen LogP contribution < -0.4 is 10.6 Å². The third-order valence-corrected chi connectivity index (χ3v) is 4.65. The van der Waals surface area contributed by atoms with Crippen molar-refractivity contribution < 1.29 is 4.79 Å². The van der Waals surface area contributed by atoms with Gasteiger partial charge in [0.25, 0.3) is 0 Å². The Morgan fingerprint density at radius 2 is 1.71 bits per heavy atom. The van der Waals surface area contributed by atoms with E-state index in [0.717, 1.165) is 16.8 Å². The van der Waals surface area contributed by atoms with Crippen LogP contribution in [0.5, 0.6) is 0 Å². The molecule has 2 N–H and O–H groups in total. The van der Waals surface area contributed by atoms with Gasteiger partial charge in [-0.3, -0.25) is 9.72 Å². The highest BCUT2D eigenvalue weighted by atomic mass is 35.5. The van der Waals surface area contributed by atoms with Crippen LogP contribution in [0.15, 0.2) is 66.9 Å². The number of pyridine rings is 1. The van der Waals surface area contributed by atoms with E-state index in [9.17, 15) is 4.79 Å². The molecule has 2 heterocycles. The summed E-state index contributed by atoms with van der Waals surface area (Å²) in [6, 6.07) is 17.8. The molecule has 7 heteroatoms. The quantitative estimate of drug-likeness (QED) is 0.418. The summed E-state index contributed by atoms with van der Waals surface area (Å²) in [6.07, 6.45) is 1.92. The molecule has 0 radical (unpaired) electrons. The van der Waals surface area contributed by atoms with E-state index >= 15 is 0 Å². The lowest BCUT2D eigenvalue weighted by Crippen LogP contribution is -2.20. The fourth-order valence-corrected chi connectivity index (χ4v) is 3.32. The average molecular weight is 411 g/mol. The van der Waals surface area contributed by atoms with Crippen molar-refractivity contribution in [1.82, 2.24) is 9.38 Å². The number of urea groups is 1. The maximum absolute atomic E-state index is 12.6. The molecular formula is C21H16Cl2N4O. The number of fused-ring (bicyclic) bond motifs is 1. The summed E-state index contributed by atoms with van der Waals surface area (Å²) < 4.78 is 1.85. The molecule has 0 bridgehead atoms. The molecule has 0 saturated carbocycles. The summed E-state index contributed by atoms with van der Waals surface area (Å²) in [5, 5.41) is 6.84. The van der Waals surface area contributed by atoms with E-state index in [1.54, 1.807) is 30.3 Å². The Kier molecular flexibility index (Phi) is 4.94. The van der Waals surface area contributed by atoms with Crippen LogP contribution >= 0.6 is 23.2 Å². The van der Waals surface area contributed by atoms with Crippen molar-refractivity contribution >= 4 is 46.4 Å². The molecule has 4 rings (SSSR count). The number of carbonyl (C=O) groups excluding carboxylic acids is 1. The first-order valence-corrected chi connectivity index (χ1v) is 9.33. The zero-order valence-corrected chi connectivity index (χ0v) is 16.4. The number of carbonyl (C=O) groups is 1. The van der Waals surface area contributed by atoms with Gasteiger partial charge < -0.3 is 5.32 Å². The lowest BCUT2D eigenvalue weighted by atomic mass is 10.1. The number of amides is 2. The molecule has 5 nitrogen and oxygen atoms in total. The summed E-state index contributed by atoms with van der Waals surface area (Å²) in [5.74, 6) is 0.556. The molecular weight excluding hydrogens is 395 g/mol. The summed E-state index contributed by atoms with van der Waals surface area (Å²) in [6.45, 7) is 1.98. The minimum atomic E-state index is -0.395. The Labute approximate surface area is 171 Å². The second-order valence-corrected chi connectivity index (χ2v) is 7.22. The molecule has 0 saturated heterocycles. The maximum Gasteiger partial charge on any atom is 0.324 e. The monoisotopic (exact) mass is 410 g/mol. The largest absolute Gasteiger partial charge is 0.324 e. The molecule has 0 spiro atoms. The van der Waals surface area contributed by atoms with Gasteiger partial charge >= 0.3 is 6.03 Å². The van der Waals surface area contributed by atoms with Crippen molar-refractivity contribution in [2.45, 2.75) is 6.92 Å². The Bertz CT molecular complexity index is 1190. The van der Waals surface area contributed by atoms with Gasteiger partial charge in [0.15, 0.2) is 0 Å². The Morgan fingerprint density at radius 1 is 0.964 bits per heavy atom. The molecule has 0 aliphatic rings. The van der Waals surface area contributed by atoms with Gasteiger partial charge in [-0.2, -0.15) is 0 Å². The molecule has 28 heavy (non-hydrogen) atoms. The lowest BCUT2D eigenvalue weighted by Gasteiger charge is -2.10. The minimum Gasteiger partial charge on any atom is -0.308 e. The highest BCUT2D eigenvalue weighted by Gasteiger charge is 2.17. The molecule has 2 amide bonds. The number of imidazole rings is 1. The summed E-state index contributed by atoms with van der Waals surface area (Å²) in [5.41, 5.74) is 3.81. The van der Waals surface area contributed by atoms with Gasteiger partial charge in [0.05, 0.1) is 0 Å². The molecule has 0 atom stereocenters. The number of nitrogens with one attached hydrogen (secondary N) is 2. The summed E-state index contributed by atoms with van der Waals surface area (Å²) >= 11 is 12.1. The van der Waals surface area contributed by atoms with Gasteiger partial charge in [-0.05, 0) is 48.9 Å². The smallest absolute Gasteiger partial charge is 0.308 e. The number of rotatable bonds is 3. The van der Waals surface area contributed by atoms with Gasteiger partial charge in [0.1, 0.15) is 17.2 Å². The van der Waals surface area contributed by atoms with Crippen LogP contribution in [-0.4, -0.2) is 15.4 Å². The van der Waals surface area contributed by atoms with E-state index in [1.165, 1.54) is 0 Å². The topological polar surface area (TPSA) is 58.4 Å². The Morgan fingerprint density at radius 3 is 2.46 bits per heavy atom. The highest BCUT2D eigenvalue weighted by molar-refractivity contribution is 6.31. The molecule has 4 aromatic rings. The van der Waals surface area contributed by atoms with Crippen molar-refractivity contribution in [3.05, 3.63) is 82.5 Å². The second kappa shape index (κ2) is 7.54. The minimum absolute atomic E-state index is 0.395. The first kappa shape index (κ1) is 18.3. The van der Waals surface area contributed by atoms with Crippen molar-refractivity contribution in [3.63, 3.8) is 0 Å². The van der Waals surface area contributed by atoms with Gasteiger partial charge in [-0.15, -0.1) is 0 Å². The van der Waals surface area contributed by atoms with E-state index in [1.807, 2.05) is 47.9 Å². The molecule has 2 aromatic carbocycles. The fourth-order valence-electron chi connectivity index (χ4n) is 2.94. The van der Waals surface area contributed by atoms with Crippen molar-refractivity contribution in [1.29, 1.82) is 0 Å². The van der Waals surface area contributed by atoms with Crippen LogP contribution in [0.3, 0.4) is 0 Å². The van der Waals surface area contributed by atoms with E-state index in [4.69, 9.17) is 23.2 Å². The zero-order chi connectivity index (χ0) is 19.7. The predicted molar refractivity (Wildman–Crippen MR) is 114 cm³/mol. The first-order valence-electron chi connectivity index (χ1n) is 8.58. The van der Waals surface area contributed by atoms with Crippen LogP contribution in [0.1, 0.15) is 5.56 Å². The Balaban J connectivity index is 1.74. The third-order valence-electron chi connectivity index (χ3n) is 4.18. The average Bonchev–Trinajstić information content (AvgIpc) is 2.99. The second-order valence-electron chi connectivity index (χ2n) is 6.34. The van der Waals surface area contributed by atoms with Gasteiger partial charge in [-0.1, -0.05) is 47.5 Å².